The van der Waals surface area contributed by atoms with Gasteiger partial charge in [0.2, 0.25) is 0 Å². The molecule has 11 aliphatic carbocycles. The quantitative estimate of drug-likeness (QED) is 0.0646. The first kappa shape index (κ1) is 82.1. The van der Waals surface area contributed by atoms with Crippen LogP contribution < -0.4 is 39.1 Å². The van der Waals surface area contributed by atoms with Gasteiger partial charge in [0.1, 0.15) is 57.5 Å². The largest absolute Gasteiger partial charge is 0.759 e. The molecule has 3 saturated carbocycles. The number of Topliss-reactive ketones (excluding diaryl/α,β-unsaturated/α-hetero) is 2. The van der Waals surface area contributed by atoms with Crippen LogP contribution in [-0.2, 0) is 115 Å². The standard InChI is InChI=1S/C19H21NO3.2C18H21NO5.2C18H19NO4.H2O4S/c1-20-7-6-19-14-5-4-13(10-22)18(19)23-17-12(9-21)3-2-11(16(17)19)8-15(14)20;2*1-19-5-4-17-14-9-2-3-10(8-20)15(14)24-16(17)11(21)7-13(22)18(17,23)12(19)6-9;1-22-13-3-2-9-8-10-11(19)4-6-17-14(9)15(13)23-16(17)12(20)5-7-18(10,17)21;1-19-7-6-17-14-10-2-3-11(9-20)15(14)23-16(17)12(21)4-5-18(17,22)13(19)8-10;1-5(2,3)4/h2-5,15,18,21-22H,6-10H2,1H3;2*2-3,12-13,16,20,22-23H,4-8H2,1H3;2-3,5,7,10-11,16,21H,4,6,8,19H2,1H3;2-5,13,16,20,22H,6-9H2,1H3;(H2,1,2,3,4)/t15-,18+,19+;12-,13+,16+,17+,18+;12-,13-,16+,17+,18+;10-,11?,16-,17-,18+;13-,16+,17+,18-;/m11101./s1. The molecule has 15 N–H and O–H groups in total. The Morgan fingerprint density at radius 3 is 1.43 bits per heavy atom. The van der Waals surface area contributed by atoms with Crippen LogP contribution in [0, 0.1) is 5.92 Å². The van der Waals surface area contributed by atoms with E-state index in [2.05, 4.69) is 52.7 Å². The van der Waals surface area contributed by atoms with Gasteiger partial charge in [0.25, 0.3) is 0 Å². The number of nitrogens with zero attached hydrogens (tertiary/aromatic N) is 3. The van der Waals surface area contributed by atoms with Gasteiger partial charge >= 0.3 is 0 Å². The maximum absolute atomic E-state index is 12.7. The smallest absolute Gasteiger partial charge is 0.196 e. The zero-order chi connectivity index (χ0) is 85.9. The third kappa shape index (κ3) is 10.3. The molecule has 0 amide bonds. The number of piperidine rings is 4. The number of aliphatic hydroxyl groups excluding tert-OH is 7. The summed E-state index contributed by atoms with van der Waals surface area (Å²) in [4.78, 5) is 58.4. The van der Waals surface area contributed by atoms with Crippen LogP contribution in [0.3, 0.4) is 0 Å². The number of carbonyl (C=O) groups is 4. The fraction of sp³-hybridized carbons (Fsp3) is 0.538. The summed E-state index contributed by atoms with van der Waals surface area (Å²) in [6.45, 7) is 2.93. The number of quaternary nitrogens is 2. The van der Waals surface area contributed by atoms with Crippen molar-refractivity contribution in [3.8, 4) is 34.5 Å². The Balaban J connectivity index is 0.0000000956. The monoisotopic (exact) mass is 1700 g/mol. The van der Waals surface area contributed by atoms with E-state index in [1.165, 1.54) is 33.8 Å². The van der Waals surface area contributed by atoms with E-state index in [4.69, 9.17) is 45.9 Å². The summed E-state index contributed by atoms with van der Waals surface area (Å²) in [5.41, 5.74) is 11.9. The minimum atomic E-state index is -5.17. The summed E-state index contributed by atoms with van der Waals surface area (Å²) in [7, 11) is 4.65. The minimum absolute atomic E-state index is 0.00797. The van der Waals surface area contributed by atoms with E-state index in [0.717, 1.165) is 120 Å². The van der Waals surface area contributed by atoms with E-state index in [1.54, 1.807) is 19.3 Å². The molecule has 5 spiro atoms. The van der Waals surface area contributed by atoms with Gasteiger partial charge in [0, 0.05) is 117 Å². The highest BCUT2D eigenvalue weighted by molar-refractivity contribution is 7.79. The van der Waals surface area contributed by atoms with Gasteiger partial charge in [-0.05, 0) is 161 Å². The number of likely N-dealkylation sites (N-methyl/N-ethyl adjacent to an activating group) is 4. The van der Waals surface area contributed by atoms with Crippen molar-refractivity contribution in [2.24, 2.45) is 5.92 Å². The van der Waals surface area contributed by atoms with Gasteiger partial charge in [-0.25, -0.2) is 0 Å². The molecule has 23 atom stereocenters. The van der Waals surface area contributed by atoms with Crippen LogP contribution in [0.1, 0.15) is 129 Å². The lowest BCUT2D eigenvalue weighted by Gasteiger charge is -2.63. The fourth-order valence-corrected chi connectivity index (χ4v) is 27.7. The molecule has 5 aromatic rings. The number of hydrogen-bond acceptors (Lipinski definition) is 28. The Bertz CT molecular complexity index is 5350. The van der Waals surface area contributed by atoms with Gasteiger partial charge in [-0.2, -0.15) is 0 Å². The highest BCUT2D eigenvalue weighted by atomic mass is 32.3. The van der Waals surface area contributed by atoms with Crippen LogP contribution in [-0.4, -0.2) is 275 Å². The summed E-state index contributed by atoms with van der Waals surface area (Å²) in [5.74, 6) is 3.40. The predicted octanol–water partition coefficient (Wildman–Crippen LogP) is -2.00. The highest BCUT2D eigenvalue weighted by Gasteiger charge is 2.80. The lowest BCUT2D eigenvalue weighted by molar-refractivity contribution is -0.922. The van der Waals surface area contributed by atoms with Crippen LogP contribution in [0.2, 0.25) is 0 Å². The Labute approximate surface area is 703 Å². The van der Waals surface area contributed by atoms with E-state index >= 15 is 0 Å². The van der Waals surface area contributed by atoms with Gasteiger partial charge < -0.3 is 114 Å². The molecule has 7 fully saturated rings. The molecule has 30 nitrogen and oxygen atoms in total. The molecule has 122 heavy (non-hydrogen) atoms. The van der Waals surface area contributed by atoms with Crippen molar-refractivity contribution < 1.29 is 132 Å². The summed E-state index contributed by atoms with van der Waals surface area (Å²) in [6, 6.07) is 19.7. The zero-order valence-corrected chi connectivity index (χ0v) is 69.2. The average molecular weight is 1700 g/mol. The number of methoxy groups -OCH3 is 1. The predicted molar refractivity (Wildman–Crippen MR) is 427 cm³/mol. The molecule has 9 aliphatic heterocycles. The summed E-state index contributed by atoms with van der Waals surface area (Å²) in [5, 5.41) is 117. The number of ketones is 4. The van der Waals surface area contributed by atoms with Gasteiger partial charge in [0.05, 0.1) is 99.1 Å². The number of rotatable bonds is 6. The Morgan fingerprint density at radius 2 is 0.926 bits per heavy atom. The Morgan fingerprint density at radius 1 is 0.500 bits per heavy atom. The summed E-state index contributed by atoms with van der Waals surface area (Å²) < 4.78 is 70.2. The molecule has 31 heteroatoms. The summed E-state index contributed by atoms with van der Waals surface area (Å²) in [6.07, 6.45) is 13.4. The first-order valence-corrected chi connectivity index (χ1v) is 43.8. The molecule has 25 rings (SSSR count). The topological polar surface area (TPSA) is 468 Å². The van der Waals surface area contributed by atoms with Gasteiger partial charge in [-0.1, -0.05) is 66.7 Å². The molecule has 5 aromatic carbocycles. The van der Waals surface area contributed by atoms with E-state index in [0.29, 0.717) is 90.0 Å². The molecule has 10 bridgehead atoms. The number of likely N-dealkylation sites (tertiary alicyclic amines) is 4. The molecule has 20 aliphatic rings. The van der Waals surface area contributed by atoms with Crippen molar-refractivity contribution in [1.29, 1.82) is 0 Å². The molecule has 0 aromatic heterocycles. The van der Waals surface area contributed by atoms with E-state index in [1.807, 2.05) is 68.7 Å². The molecular formula is C91H103N5O25S. The Kier molecular flexibility index (Phi) is 18.8. The van der Waals surface area contributed by atoms with Crippen LogP contribution >= 0.6 is 0 Å². The fourth-order valence-electron chi connectivity index (χ4n) is 27.7. The van der Waals surface area contributed by atoms with Crippen molar-refractivity contribution in [1.82, 2.24) is 14.7 Å². The van der Waals surface area contributed by atoms with Crippen molar-refractivity contribution in [2.45, 2.75) is 232 Å². The molecule has 4 saturated heterocycles. The maximum Gasteiger partial charge on any atom is 0.196 e. The van der Waals surface area contributed by atoms with Crippen LogP contribution in [0.25, 0.3) is 0 Å². The number of benzene rings is 5. The number of ether oxygens (including phenoxy) is 6. The third-order valence-corrected chi connectivity index (χ3v) is 33.1. The number of carbonyl (C=O) groups excluding carboxylic acids is 4. The molecule has 9 heterocycles. The summed E-state index contributed by atoms with van der Waals surface area (Å²) >= 11 is 0. The number of aliphatic hydroxyl groups is 11. The van der Waals surface area contributed by atoms with E-state index < -0.39 is 91.1 Å². The lowest BCUT2D eigenvalue weighted by Crippen LogP contribution is -3.19. The van der Waals surface area contributed by atoms with Crippen LogP contribution in [0.15, 0.2) is 108 Å². The molecular weight excluding hydrogens is 1600 g/mol. The van der Waals surface area contributed by atoms with Crippen molar-refractivity contribution >= 4 is 33.5 Å². The van der Waals surface area contributed by atoms with Gasteiger partial charge in [0.15, 0.2) is 59.0 Å². The second kappa shape index (κ2) is 27.9. The zero-order valence-electron chi connectivity index (χ0n) is 68.4. The third-order valence-electron chi connectivity index (χ3n) is 33.1. The van der Waals surface area contributed by atoms with E-state index in [-0.39, 0.29) is 111 Å². The number of hydrogen-bond donors (Lipinski definition) is 13. The van der Waals surface area contributed by atoms with Crippen LogP contribution in [0.4, 0.5) is 0 Å². The van der Waals surface area contributed by atoms with E-state index in [9.17, 15) is 75.3 Å². The minimum Gasteiger partial charge on any atom is -0.759 e. The maximum atomic E-state index is 12.7. The normalized spacial score (nSPS) is 39.6. The lowest BCUT2D eigenvalue weighted by atomic mass is 9.46. The van der Waals surface area contributed by atoms with Crippen molar-refractivity contribution in [3.63, 3.8) is 0 Å². The average Bonchev–Trinajstić information content (AvgIpc) is 1.43. The highest BCUT2D eigenvalue weighted by Crippen LogP contribution is 2.70. The number of allylic oxidation sites excluding steroid dienone is 2. The van der Waals surface area contributed by atoms with Crippen molar-refractivity contribution in [3.05, 3.63) is 186 Å². The number of nitrogens with one attached hydrogen (secondary N) is 1. The SMILES string of the molecule is CN1CC[C@@]23C4=CC=C(CO)[C@@H]2Oc2c(CO)ccc(c23)C[C@H]41.CN1CC[C@]23c4c5ccc(CO)c4O[C@H]2C(=O)C[C@@H](O)[C@@]3(O)[C@H]1C5.CN1CC[C@]23c4c5ccc(CO)c4O[C@H]2C(=O)C[C@H](O)[C@@]3(O)[C@H]1C5.COc1ccc2c3c1O[C@H]1C(=O)C=C[C@@]4(O)[C@@H](C2)C([NH3+])CC[C@]314.C[NH+]1CC[C@]23c4c5ccc(CO)c4O[C@H]2C(=O)C=C[C@@]3(O)[C@H]1C5.O=S(=O)([O-])[O-]. The molecule has 0 radical (unpaired) electrons. The Hall–Kier alpha value is -8.23. The first-order chi connectivity index (χ1) is 58.1. The second-order valence-corrected chi connectivity index (χ2v) is 38.4. The molecule has 648 valence electrons. The van der Waals surface area contributed by atoms with Crippen molar-refractivity contribution in [2.75, 3.05) is 68.1 Å². The molecule has 2 unspecified atom stereocenters. The second-order valence-electron chi connectivity index (χ2n) is 37.6. The van der Waals surface area contributed by atoms with Gasteiger partial charge in [-0.15, -0.1) is 0 Å². The first-order valence-electron chi connectivity index (χ1n) is 42.5. The van der Waals surface area contributed by atoms with Gasteiger partial charge in [-0.3, -0.25) is 32.5 Å². The van der Waals surface area contributed by atoms with Crippen LogP contribution in [0.5, 0.6) is 34.5 Å².